The Morgan fingerprint density at radius 2 is 2.36 bits per heavy atom. The molecule has 4 N–H and O–H groups in total. The van der Waals surface area contributed by atoms with Crippen LogP contribution in [0.3, 0.4) is 0 Å². The van der Waals surface area contributed by atoms with E-state index in [9.17, 15) is 4.79 Å². The van der Waals surface area contributed by atoms with Crippen molar-refractivity contribution in [3.63, 3.8) is 0 Å². The van der Waals surface area contributed by atoms with Crippen molar-refractivity contribution in [1.82, 2.24) is 5.32 Å². The summed E-state index contributed by atoms with van der Waals surface area (Å²) in [5, 5.41) is 11.4. The van der Waals surface area contributed by atoms with Gasteiger partial charge in [-0.3, -0.25) is 4.79 Å². The van der Waals surface area contributed by atoms with E-state index in [0.717, 1.165) is 0 Å². The third-order valence-electron chi connectivity index (χ3n) is 1.20. The highest BCUT2D eigenvalue weighted by Crippen LogP contribution is 1.85. The van der Waals surface area contributed by atoms with Crippen molar-refractivity contribution in [3.8, 4) is 0 Å². The number of hydrogen-bond acceptors (Lipinski definition) is 3. The van der Waals surface area contributed by atoms with Crippen LogP contribution < -0.4 is 11.1 Å². The van der Waals surface area contributed by atoms with Crippen molar-refractivity contribution in [1.29, 1.82) is 0 Å². The molecule has 0 aromatic rings. The molecule has 0 fully saturated rings. The topological polar surface area (TPSA) is 75.3 Å². The second-order valence-electron chi connectivity index (χ2n) is 2.55. The zero-order valence-electron chi connectivity index (χ0n) is 6.84. The first-order chi connectivity index (χ1) is 5.16. The van der Waals surface area contributed by atoms with Crippen LogP contribution in [-0.2, 0) is 4.79 Å². The summed E-state index contributed by atoms with van der Waals surface area (Å²) in [6.07, 6.45) is 0.673. The number of amides is 1. The largest absolute Gasteiger partial charge is 0.392 e. The molecule has 0 heterocycles. The fourth-order valence-electron chi connectivity index (χ4n) is 0.613. The smallest absolute Gasteiger partial charge is 0.220 e. The van der Waals surface area contributed by atoms with Crippen LogP contribution in [0.1, 0.15) is 19.8 Å². The predicted molar refractivity (Wildman–Crippen MR) is 43.0 cm³/mol. The Kier molecular flexibility index (Phi) is 5.78. The number of nitrogens with one attached hydrogen (secondary N) is 1. The van der Waals surface area contributed by atoms with Crippen molar-refractivity contribution < 1.29 is 9.90 Å². The zero-order valence-corrected chi connectivity index (χ0v) is 6.84. The van der Waals surface area contributed by atoms with Crippen LogP contribution in [0, 0.1) is 0 Å². The number of aliphatic hydroxyl groups excluding tert-OH is 1. The van der Waals surface area contributed by atoms with Gasteiger partial charge in [0.2, 0.25) is 5.91 Å². The molecular formula is C7H16N2O2. The Morgan fingerprint density at radius 1 is 1.73 bits per heavy atom. The van der Waals surface area contributed by atoms with Crippen molar-refractivity contribution >= 4 is 5.91 Å². The van der Waals surface area contributed by atoms with Gasteiger partial charge in [-0.15, -0.1) is 0 Å². The van der Waals surface area contributed by atoms with Crippen molar-refractivity contribution in [2.24, 2.45) is 5.73 Å². The van der Waals surface area contributed by atoms with E-state index in [0.29, 0.717) is 25.9 Å². The third kappa shape index (κ3) is 7.29. The van der Waals surface area contributed by atoms with E-state index in [2.05, 4.69) is 5.32 Å². The van der Waals surface area contributed by atoms with Gasteiger partial charge in [0, 0.05) is 13.0 Å². The second kappa shape index (κ2) is 6.12. The molecule has 0 spiro atoms. The lowest BCUT2D eigenvalue weighted by Gasteiger charge is -2.05. The Morgan fingerprint density at radius 3 is 2.82 bits per heavy atom. The van der Waals surface area contributed by atoms with Gasteiger partial charge in [0.15, 0.2) is 0 Å². The highest BCUT2D eigenvalue weighted by molar-refractivity contribution is 5.75. The summed E-state index contributed by atoms with van der Waals surface area (Å²) >= 11 is 0. The maximum atomic E-state index is 10.8. The lowest BCUT2D eigenvalue weighted by Crippen LogP contribution is -2.30. The quantitative estimate of drug-likeness (QED) is 0.494. The minimum Gasteiger partial charge on any atom is -0.392 e. The molecule has 1 amide bonds. The van der Waals surface area contributed by atoms with Crippen molar-refractivity contribution in [2.45, 2.75) is 25.9 Å². The highest BCUT2D eigenvalue weighted by Gasteiger charge is 2.00. The molecule has 0 unspecified atom stereocenters. The molecule has 0 aromatic heterocycles. The highest BCUT2D eigenvalue weighted by atomic mass is 16.3. The number of carbonyl (C=O) groups excluding carboxylic acids is 1. The summed E-state index contributed by atoms with van der Waals surface area (Å²) in [6.45, 7) is 2.48. The summed E-state index contributed by atoms with van der Waals surface area (Å²) in [5.41, 5.74) is 5.20. The van der Waals surface area contributed by atoms with Crippen LogP contribution in [0.15, 0.2) is 0 Å². The van der Waals surface area contributed by atoms with E-state index in [1.54, 1.807) is 6.92 Å². The molecule has 0 rings (SSSR count). The minimum atomic E-state index is -0.475. The average Bonchev–Trinajstić information content (AvgIpc) is 1.97. The molecule has 1 atom stereocenters. The Hall–Kier alpha value is -0.610. The number of hydrogen-bond donors (Lipinski definition) is 3. The molecule has 0 aromatic carbocycles. The summed E-state index contributed by atoms with van der Waals surface area (Å²) in [6, 6.07) is 0. The van der Waals surface area contributed by atoms with E-state index < -0.39 is 6.10 Å². The van der Waals surface area contributed by atoms with Gasteiger partial charge in [-0.25, -0.2) is 0 Å². The SMILES string of the molecule is C[C@H](O)CNC(=O)CCCN. The molecule has 0 saturated carbocycles. The second-order valence-corrected chi connectivity index (χ2v) is 2.55. The average molecular weight is 160 g/mol. The first kappa shape index (κ1) is 10.4. The van der Waals surface area contributed by atoms with E-state index in [1.807, 2.05) is 0 Å². The van der Waals surface area contributed by atoms with E-state index in [4.69, 9.17) is 10.8 Å². The summed E-state index contributed by atoms with van der Waals surface area (Å²) in [5.74, 6) is -0.0450. The molecule has 0 radical (unpaired) electrons. The van der Waals surface area contributed by atoms with E-state index >= 15 is 0 Å². The Balaban J connectivity index is 3.23. The molecule has 0 aliphatic rings. The molecule has 4 nitrogen and oxygen atoms in total. The van der Waals surface area contributed by atoms with Gasteiger partial charge in [-0.05, 0) is 19.9 Å². The third-order valence-corrected chi connectivity index (χ3v) is 1.20. The predicted octanol–water partition coefficient (Wildman–Crippen LogP) is -0.778. The molecule has 0 saturated heterocycles. The van der Waals surface area contributed by atoms with Crippen LogP contribution in [0.25, 0.3) is 0 Å². The Bertz CT molecular complexity index is 115. The summed E-state index contributed by atoms with van der Waals surface area (Å²) in [4.78, 5) is 10.8. The maximum Gasteiger partial charge on any atom is 0.220 e. The molecule has 4 heteroatoms. The summed E-state index contributed by atoms with van der Waals surface area (Å²) in [7, 11) is 0. The van der Waals surface area contributed by atoms with Crippen LogP contribution in [0.5, 0.6) is 0 Å². The number of aliphatic hydroxyl groups is 1. The zero-order chi connectivity index (χ0) is 8.69. The van der Waals surface area contributed by atoms with E-state index in [1.165, 1.54) is 0 Å². The number of carbonyl (C=O) groups is 1. The van der Waals surface area contributed by atoms with Gasteiger partial charge in [0.05, 0.1) is 6.10 Å². The fourth-order valence-corrected chi connectivity index (χ4v) is 0.613. The lowest BCUT2D eigenvalue weighted by molar-refractivity contribution is -0.121. The van der Waals surface area contributed by atoms with Gasteiger partial charge in [0.1, 0.15) is 0 Å². The first-order valence-electron chi connectivity index (χ1n) is 3.81. The van der Waals surface area contributed by atoms with Gasteiger partial charge in [0.25, 0.3) is 0 Å². The van der Waals surface area contributed by atoms with Crippen molar-refractivity contribution in [2.75, 3.05) is 13.1 Å². The van der Waals surface area contributed by atoms with E-state index in [-0.39, 0.29) is 5.91 Å². The van der Waals surface area contributed by atoms with Gasteiger partial charge in [-0.1, -0.05) is 0 Å². The van der Waals surface area contributed by atoms with Crippen molar-refractivity contribution in [3.05, 3.63) is 0 Å². The molecule has 11 heavy (non-hydrogen) atoms. The van der Waals surface area contributed by atoms with Gasteiger partial charge < -0.3 is 16.2 Å². The molecule has 66 valence electrons. The molecule has 0 bridgehead atoms. The standard InChI is InChI=1S/C7H16N2O2/c1-6(10)5-9-7(11)3-2-4-8/h6,10H,2-5,8H2,1H3,(H,9,11)/t6-/m0/s1. The number of nitrogens with two attached hydrogens (primary N) is 1. The Labute approximate surface area is 66.8 Å². The molecule has 0 aliphatic carbocycles. The van der Waals surface area contributed by atoms with Crippen LogP contribution in [0.4, 0.5) is 0 Å². The first-order valence-corrected chi connectivity index (χ1v) is 3.81. The molecule has 0 aliphatic heterocycles. The number of rotatable bonds is 5. The van der Waals surface area contributed by atoms with Gasteiger partial charge >= 0.3 is 0 Å². The van der Waals surface area contributed by atoms with Crippen LogP contribution in [0.2, 0.25) is 0 Å². The van der Waals surface area contributed by atoms with Crippen LogP contribution >= 0.6 is 0 Å². The fraction of sp³-hybridized carbons (Fsp3) is 0.857. The van der Waals surface area contributed by atoms with Gasteiger partial charge in [-0.2, -0.15) is 0 Å². The monoisotopic (exact) mass is 160 g/mol. The minimum absolute atomic E-state index is 0.0450. The normalized spacial score (nSPS) is 12.6. The van der Waals surface area contributed by atoms with Crippen LogP contribution in [-0.4, -0.2) is 30.2 Å². The lowest BCUT2D eigenvalue weighted by atomic mass is 10.3. The molecular weight excluding hydrogens is 144 g/mol. The summed E-state index contributed by atoms with van der Waals surface area (Å²) < 4.78 is 0. The maximum absolute atomic E-state index is 10.8.